The second kappa shape index (κ2) is 14.4. The van der Waals surface area contributed by atoms with E-state index in [4.69, 9.17) is 0 Å². The Labute approximate surface area is 250 Å². The van der Waals surface area contributed by atoms with Gasteiger partial charge in [-0.1, -0.05) is 71.4 Å². The van der Waals surface area contributed by atoms with Crippen LogP contribution < -0.4 is 16.0 Å². The molecule has 1 atom stereocenters. The first-order chi connectivity index (χ1) is 19.8. The highest BCUT2D eigenvalue weighted by Gasteiger charge is 2.20. The van der Waals surface area contributed by atoms with Gasteiger partial charge in [0.25, 0.3) is 11.8 Å². The average Bonchev–Trinajstić information content (AvgIpc) is 2.97. The quantitative estimate of drug-likeness (QED) is 0.125. The van der Waals surface area contributed by atoms with Gasteiger partial charge in [-0.25, -0.2) is 4.39 Å². The number of para-hydroxylation sites is 1. The normalized spacial score (nSPS) is 11.8. The van der Waals surface area contributed by atoms with Crippen molar-refractivity contribution in [3.8, 4) is 0 Å². The predicted octanol–water partition coefficient (Wildman–Crippen LogP) is 7.51. The van der Waals surface area contributed by atoms with E-state index < -0.39 is 22.9 Å². The van der Waals surface area contributed by atoms with Gasteiger partial charge in [-0.05, 0) is 72.7 Å². The van der Waals surface area contributed by atoms with Crippen LogP contribution in [0.1, 0.15) is 29.3 Å². The maximum atomic E-state index is 14.0. The molecule has 41 heavy (non-hydrogen) atoms. The van der Waals surface area contributed by atoms with Crippen LogP contribution in [0.2, 0.25) is 0 Å². The van der Waals surface area contributed by atoms with Crippen molar-refractivity contribution in [2.45, 2.75) is 23.5 Å². The number of benzene rings is 4. The first-order valence-corrected chi connectivity index (χ1v) is 14.5. The van der Waals surface area contributed by atoms with Gasteiger partial charge in [0.1, 0.15) is 11.5 Å². The lowest BCUT2D eigenvalue weighted by molar-refractivity contribution is -0.116. The molecular formula is C32H27BrFN3O3S. The van der Waals surface area contributed by atoms with Crippen molar-refractivity contribution in [3.05, 3.63) is 130 Å². The molecular weight excluding hydrogens is 605 g/mol. The van der Waals surface area contributed by atoms with Crippen molar-refractivity contribution in [1.29, 1.82) is 0 Å². The summed E-state index contributed by atoms with van der Waals surface area (Å²) in [6.07, 6.45) is 2.10. The van der Waals surface area contributed by atoms with E-state index in [1.807, 2.05) is 37.3 Å². The molecule has 9 heteroatoms. The zero-order chi connectivity index (χ0) is 29.2. The molecule has 4 rings (SSSR count). The van der Waals surface area contributed by atoms with Crippen LogP contribution in [0.5, 0.6) is 0 Å². The fourth-order valence-electron chi connectivity index (χ4n) is 3.81. The van der Waals surface area contributed by atoms with Crippen molar-refractivity contribution in [3.63, 3.8) is 0 Å². The first kappa shape index (κ1) is 29.8. The molecule has 6 nitrogen and oxygen atoms in total. The monoisotopic (exact) mass is 631 g/mol. The number of nitrogens with one attached hydrogen (secondary N) is 3. The number of rotatable bonds is 10. The number of amides is 3. The van der Waals surface area contributed by atoms with Crippen LogP contribution in [0.4, 0.5) is 15.8 Å². The zero-order valence-corrected chi connectivity index (χ0v) is 24.5. The van der Waals surface area contributed by atoms with Crippen LogP contribution in [-0.2, 0) is 9.59 Å². The van der Waals surface area contributed by atoms with Crippen LogP contribution in [0.25, 0.3) is 6.08 Å². The summed E-state index contributed by atoms with van der Waals surface area (Å²) in [5.74, 6) is -1.75. The largest absolute Gasteiger partial charge is 0.323 e. The topological polar surface area (TPSA) is 87.3 Å². The van der Waals surface area contributed by atoms with Crippen molar-refractivity contribution < 1.29 is 18.8 Å². The third kappa shape index (κ3) is 8.64. The minimum Gasteiger partial charge on any atom is -0.323 e. The van der Waals surface area contributed by atoms with Gasteiger partial charge in [-0.2, -0.15) is 0 Å². The van der Waals surface area contributed by atoms with Crippen LogP contribution in [0.15, 0.2) is 118 Å². The number of anilines is 2. The molecule has 0 spiro atoms. The SMILES string of the molecule is CCC(Sc1cccc(NC(=O)/C(=C\c2cccc(Br)c2)NC(=O)c2ccccc2)c1)C(=O)Nc1ccccc1F. The average molecular weight is 633 g/mol. The smallest absolute Gasteiger partial charge is 0.272 e. The van der Waals surface area contributed by atoms with Gasteiger partial charge in [-0.3, -0.25) is 14.4 Å². The summed E-state index contributed by atoms with van der Waals surface area (Å²) in [5.41, 5.74) is 1.80. The Morgan fingerprint density at radius 3 is 2.34 bits per heavy atom. The van der Waals surface area contributed by atoms with Crippen LogP contribution in [0, 0.1) is 5.82 Å². The standard InChI is InChI=1S/C32H27BrFN3O3S/c1-2-29(32(40)36-27-17-7-6-16-26(27)34)41-25-15-9-14-24(20-25)35-31(39)28(19-21-10-8-13-23(33)18-21)37-30(38)22-11-4-3-5-12-22/h3-20,29H,2H2,1H3,(H,35,39)(H,36,40)(H,37,38)/b28-19+. The number of hydrogen-bond donors (Lipinski definition) is 3. The minimum absolute atomic E-state index is 0.0608. The fourth-order valence-corrected chi connectivity index (χ4v) is 5.24. The van der Waals surface area contributed by atoms with Crippen molar-refractivity contribution in [2.24, 2.45) is 0 Å². The maximum absolute atomic E-state index is 14.0. The van der Waals surface area contributed by atoms with Gasteiger partial charge in [-0.15, -0.1) is 11.8 Å². The van der Waals surface area contributed by atoms with Gasteiger partial charge in [0, 0.05) is 20.6 Å². The molecule has 0 aliphatic rings. The number of carbonyl (C=O) groups is 3. The third-order valence-corrected chi connectivity index (χ3v) is 7.70. The Bertz CT molecular complexity index is 1580. The number of thioether (sulfide) groups is 1. The Balaban J connectivity index is 1.50. The summed E-state index contributed by atoms with van der Waals surface area (Å²) >= 11 is 4.74. The summed E-state index contributed by atoms with van der Waals surface area (Å²) in [6, 6.07) is 29.0. The molecule has 4 aromatic rings. The maximum Gasteiger partial charge on any atom is 0.272 e. The van der Waals surface area contributed by atoms with Gasteiger partial charge in [0.05, 0.1) is 10.9 Å². The molecule has 4 aromatic carbocycles. The molecule has 0 radical (unpaired) electrons. The van der Waals surface area contributed by atoms with E-state index in [2.05, 4.69) is 31.9 Å². The van der Waals surface area contributed by atoms with Crippen molar-refractivity contribution in [2.75, 3.05) is 10.6 Å². The highest BCUT2D eigenvalue weighted by atomic mass is 79.9. The molecule has 0 aliphatic carbocycles. The minimum atomic E-state index is -0.513. The predicted molar refractivity (Wildman–Crippen MR) is 166 cm³/mol. The molecule has 0 bridgehead atoms. The third-order valence-electron chi connectivity index (χ3n) is 5.85. The van der Waals surface area contributed by atoms with Crippen LogP contribution >= 0.6 is 27.7 Å². The van der Waals surface area contributed by atoms with E-state index in [0.717, 1.165) is 9.37 Å². The van der Waals surface area contributed by atoms with E-state index in [9.17, 15) is 18.8 Å². The molecule has 0 saturated carbocycles. The second-order valence-electron chi connectivity index (χ2n) is 8.90. The highest BCUT2D eigenvalue weighted by molar-refractivity contribution is 9.10. The van der Waals surface area contributed by atoms with E-state index in [1.54, 1.807) is 66.7 Å². The van der Waals surface area contributed by atoms with E-state index in [0.29, 0.717) is 23.2 Å². The van der Waals surface area contributed by atoms with Crippen molar-refractivity contribution in [1.82, 2.24) is 5.32 Å². The van der Waals surface area contributed by atoms with Gasteiger partial charge >= 0.3 is 0 Å². The highest BCUT2D eigenvalue weighted by Crippen LogP contribution is 2.29. The Morgan fingerprint density at radius 1 is 0.878 bits per heavy atom. The zero-order valence-electron chi connectivity index (χ0n) is 22.1. The van der Waals surface area contributed by atoms with Gasteiger partial charge < -0.3 is 16.0 Å². The Hall–Kier alpha value is -4.21. The van der Waals surface area contributed by atoms with Gasteiger partial charge in [0.2, 0.25) is 5.91 Å². The van der Waals surface area contributed by atoms with E-state index in [-0.39, 0.29) is 17.3 Å². The van der Waals surface area contributed by atoms with Crippen LogP contribution in [-0.4, -0.2) is 23.0 Å². The summed E-state index contributed by atoms with van der Waals surface area (Å²) in [4.78, 5) is 39.9. The summed E-state index contributed by atoms with van der Waals surface area (Å²) < 4.78 is 14.9. The molecule has 0 aromatic heterocycles. The fraction of sp³-hybridized carbons (Fsp3) is 0.0938. The Morgan fingerprint density at radius 2 is 1.61 bits per heavy atom. The summed E-state index contributed by atoms with van der Waals surface area (Å²) in [6.45, 7) is 1.87. The summed E-state index contributed by atoms with van der Waals surface area (Å²) in [5, 5.41) is 7.73. The number of carbonyl (C=O) groups excluding carboxylic acids is 3. The van der Waals surface area contributed by atoms with Gasteiger partial charge in [0.15, 0.2) is 0 Å². The second-order valence-corrected chi connectivity index (χ2v) is 11.1. The number of halogens is 2. The van der Waals surface area contributed by atoms with Crippen LogP contribution in [0.3, 0.4) is 0 Å². The molecule has 0 saturated heterocycles. The first-order valence-electron chi connectivity index (χ1n) is 12.8. The molecule has 1 unspecified atom stereocenters. The summed E-state index contributed by atoms with van der Waals surface area (Å²) in [7, 11) is 0. The molecule has 0 aliphatic heterocycles. The van der Waals surface area contributed by atoms with Crippen molar-refractivity contribution >= 4 is 62.9 Å². The Kier molecular flexibility index (Phi) is 10.5. The molecule has 3 amide bonds. The van der Waals surface area contributed by atoms with E-state index >= 15 is 0 Å². The molecule has 208 valence electrons. The molecule has 0 fully saturated rings. The lowest BCUT2D eigenvalue weighted by Crippen LogP contribution is -2.30. The van der Waals surface area contributed by atoms with E-state index in [1.165, 1.54) is 23.9 Å². The molecule has 0 heterocycles. The number of hydrogen-bond acceptors (Lipinski definition) is 4. The lowest BCUT2D eigenvalue weighted by Gasteiger charge is -2.16. The lowest BCUT2D eigenvalue weighted by atomic mass is 10.1. The molecule has 3 N–H and O–H groups in total.